The first-order valence-electron chi connectivity index (χ1n) is 4.26. The van der Waals surface area contributed by atoms with E-state index in [0.717, 1.165) is 4.47 Å². The van der Waals surface area contributed by atoms with Gasteiger partial charge >= 0.3 is 0 Å². The Hall–Kier alpha value is -0.870. The van der Waals surface area contributed by atoms with Crippen LogP contribution in [0.4, 0.5) is 4.39 Å². The Kier molecular flexibility index (Phi) is 3.07. The largest absolute Gasteiger partial charge is 0.341 e. The van der Waals surface area contributed by atoms with E-state index in [2.05, 4.69) is 25.9 Å². The molecule has 1 aromatic heterocycles. The van der Waals surface area contributed by atoms with Crippen molar-refractivity contribution >= 4 is 27.5 Å². The molecule has 0 atom stereocenters. The molecule has 0 bridgehead atoms. The lowest BCUT2D eigenvalue weighted by molar-refractivity contribution is 0.630. The highest BCUT2D eigenvalue weighted by Gasteiger charge is 2.08. The van der Waals surface area contributed by atoms with Crippen LogP contribution in [0, 0.1) is 5.82 Å². The zero-order valence-corrected chi connectivity index (χ0v) is 9.94. The molecule has 5 heteroatoms. The molecule has 0 radical (unpaired) electrons. The fraction of sp³-hybridized carbons (Fsp3) is 0.100. The summed E-state index contributed by atoms with van der Waals surface area (Å²) in [5.74, 6) is 0.629. The lowest BCUT2D eigenvalue weighted by atomic mass is 10.1. The molecule has 0 spiro atoms. The van der Waals surface area contributed by atoms with Gasteiger partial charge in [-0.15, -0.1) is 11.6 Å². The Bertz CT molecular complexity index is 484. The maximum absolute atomic E-state index is 13.5. The van der Waals surface area contributed by atoms with Gasteiger partial charge in [-0.05, 0) is 18.2 Å². The van der Waals surface area contributed by atoms with Crippen LogP contribution < -0.4 is 0 Å². The molecule has 2 nitrogen and oxygen atoms in total. The first-order chi connectivity index (χ1) is 7.20. The van der Waals surface area contributed by atoms with Crippen LogP contribution in [0.2, 0.25) is 0 Å². The Morgan fingerprint density at radius 3 is 2.93 bits per heavy atom. The fourth-order valence-corrected chi connectivity index (χ4v) is 1.77. The molecule has 0 saturated carbocycles. The molecular weight excluding hydrogens is 282 g/mol. The average molecular weight is 290 g/mol. The van der Waals surface area contributed by atoms with Crippen LogP contribution in [0.25, 0.3) is 11.3 Å². The first kappa shape index (κ1) is 10.6. The highest BCUT2D eigenvalue weighted by Crippen LogP contribution is 2.24. The molecule has 15 heavy (non-hydrogen) atoms. The van der Waals surface area contributed by atoms with Crippen molar-refractivity contribution in [3.8, 4) is 11.3 Å². The van der Waals surface area contributed by atoms with Gasteiger partial charge in [0.15, 0.2) is 0 Å². The van der Waals surface area contributed by atoms with Crippen molar-refractivity contribution < 1.29 is 4.39 Å². The Morgan fingerprint density at radius 2 is 2.27 bits per heavy atom. The summed E-state index contributed by atoms with van der Waals surface area (Å²) in [5, 5.41) is 0. The van der Waals surface area contributed by atoms with Gasteiger partial charge in [0.05, 0.1) is 17.8 Å². The highest BCUT2D eigenvalue weighted by atomic mass is 79.9. The molecule has 2 rings (SSSR count). The number of benzene rings is 1. The third-order valence-electron chi connectivity index (χ3n) is 1.97. The van der Waals surface area contributed by atoms with E-state index >= 15 is 0 Å². The van der Waals surface area contributed by atoms with Crippen molar-refractivity contribution in [2.24, 2.45) is 0 Å². The number of hydrogen-bond donors (Lipinski definition) is 1. The second-order valence-corrected chi connectivity index (χ2v) is 4.18. The molecule has 78 valence electrons. The molecule has 1 heterocycles. The number of aromatic nitrogens is 2. The van der Waals surface area contributed by atoms with Crippen molar-refractivity contribution in [2.45, 2.75) is 5.88 Å². The SMILES string of the molecule is Fc1ccc(Br)cc1-c1cnc(CCl)[nH]1. The third kappa shape index (κ3) is 2.21. The van der Waals surface area contributed by atoms with Crippen molar-refractivity contribution in [2.75, 3.05) is 0 Å². The van der Waals surface area contributed by atoms with E-state index in [9.17, 15) is 4.39 Å². The minimum Gasteiger partial charge on any atom is -0.341 e. The molecule has 0 aliphatic rings. The van der Waals surface area contributed by atoms with Gasteiger partial charge < -0.3 is 4.98 Å². The molecule has 2 aromatic rings. The summed E-state index contributed by atoms with van der Waals surface area (Å²) < 4.78 is 14.3. The van der Waals surface area contributed by atoms with Gasteiger partial charge in [0.1, 0.15) is 11.6 Å². The maximum atomic E-state index is 13.5. The predicted octanol–water partition coefficient (Wildman–Crippen LogP) is 3.72. The number of rotatable bonds is 2. The Labute approximate surface area is 99.6 Å². The summed E-state index contributed by atoms with van der Waals surface area (Å²) >= 11 is 8.89. The number of halogens is 3. The van der Waals surface area contributed by atoms with Gasteiger partial charge in [0.25, 0.3) is 0 Å². The number of aromatic amines is 1. The number of alkyl halides is 1. The minimum absolute atomic E-state index is 0.287. The molecule has 0 aliphatic heterocycles. The summed E-state index contributed by atoms with van der Waals surface area (Å²) in [4.78, 5) is 6.96. The van der Waals surface area contributed by atoms with Crippen LogP contribution >= 0.6 is 27.5 Å². The predicted molar refractivity (Wildman–Crippen MR) is 61.2 cm³/mol. The average Bonchev–Trinajstić information content (AvgIpc) is 2.70. The monoisotopic (exact) mass is 288 g/mol. The summed E-state index contributed by atoms with van der Waals surface area (Å²) in [6.45, 7) is 0. The zero-order chi connectivity index (χ0) is 10.8. The number of imidazole rings is 1. The van der Waals surface area contributed by atoms with Crippen molar-refractivity contribution in [1.82, 2.24) is 9.97 Å². The van der Waals surface area contributed by atoms with Gasteiger partial charge in [-0.3, -0.25) is 0 Å². The fourth-order valence-electron chi connectivity index (χ4n) is 1.27. The molecule has 0 saturated heterocycles. The Balaban J connectivity index is 2.48. The van der Waals surface area contributed by atoms with E-state index in [1.165, 1.54) is 6.07 Å². The van der Waals surface area contributed by atoms with Crippen molar-refractivity contribution in [3.63, 3.8) is 0 Å². The normalized spacial score (nSPS) is 10.6. The molecule has 0 amide bonds. The van der Waals surface area contributed by atoms with E-state index < -0.39 is 0 Å². The number of nitrogens with zero attached hydrogens (tertiary/aromatic N) is 1. The summed E-state index contributed by atoms with van der Waals surface area (Å²) in [6.07, 6.45) is 1.57. The summed E-state index contributed by atoms with van der Waals surface area (Å²) in [7, 11) is 0. The molecule has 0 aliphatic carbocycles. The zero-order valence-electron chi connectivity index (χ0n) is 7.60. The second-order valence-electron chi connectivity index (χ2n) is 3.00. The van der Waals surface area contributed by atoms with Crippen LogP contribution in [0.1, 0.15) is 5.82 Å². The summed E-state index contributed by atoms with van der Waals surface area (Å²) in [6, 6.07) is 4.75. The van der Waals surface area contributed by atoms with E-state index in [1.807, 2.05) is 0 Å². The lowest BCUT2D eigenvalue weighted by Crippen LogP contribution is -1.85. The first-order valence-corrected chi connectivity index (χ1v) is 5.58. The van der Waals surface area contributed by atoms with Gasteiger partial charge in [-0.25, -0.2) is 9.37 Å². The molecule has 0 fully saturated rings. The second kappa shape index (κ2) is 4.33. The standard InChI is InChI=1S/C10H7BrClFN2/c11-6-1-2-8(13)7(3-6)9-5-14-10(4-12)15-9/h1-3,5H,4H2,(H,14,15). The van der Waals surface area contributed by atoms with Crippen LogP contribution in [0.15, 0.2) is 28.9 Å². The van der Waals surface area contributed by atoms with E-state index in [-0.39, 0.29) is 11.7 Å². The van der Waals surface area contributed by atoms with Crippen LogP contribution in [-0.2, 0) is 5.88 Å². The van der Waals surface area contributed by atoms with E-state index in [4.69, 9.17) is 11.6 Å². The maximum Gasteiger partial charge on any atom is 0.132 e. The quantitative estimate of drug-likeness (QED) is 0.839. The van der Waals surface area contributed by atoms with Gasteiger partial charge in [0, 0.05) is 10.0 Å². The third-order valence-corrected chi connectivity index (χ3v) is 2.72. The number of hydrogen-bond acceptors (Lipinski definition) is 1. The molecular formula is C10H7BrClFN2. The number of nitrogens with one attached hydrogen (secondary N) is 1. The van der Waals surface area contributed by atoms with Gasteiger partial charge in [-0.1, -0.05) is 15.9 Å². The van der Waals surface area contributed by atoms with Gasteiger partial charge in [-0.2, -0.15) is 0 Å². The van der Waals surface area contributed by atoms with Crippen LogP contribution in [-0.4, -0.2) is 9.97 Å². The number of H-pyrrole nitrogens is 1. The topological polar surface area (TPSA) is 28.7 Å². The Morgan fingerprint density at radius 1 is 1.47 bits per heavy atom. The highest BCUT2D eigenvalue weighted by molar-refractivity contribution is 9.10. The molecule has 1 aromatic carbocycles. The van der Waals surface area contributed by atoms with Crippen LogP contribution in [0.5, 0.6) is 0 Å². The lowest BCUT2D eigenvalue weighted by Gasteiger charge is -2.00. The van der Waals surface area contributed by atoms with E-state index in [1.54, 1.807) is 18.3 Å². The molecule has 0 unspecified atom stereocenters. The summed E-state index contributed by atoms with van der Waals surface area (Å²) in [5.41, 5.74) is 1.11. The van der Waals surface area contributed by atoms with E-state index in [0.29, 0.717) is 17.1 Å². The van der Waals surface area contributed by atoms with Crippen LogP contribution in [0.3, 0.4) is 0 Å². The van der Waals surface area contributed by atoms with Crippen molar-refractivity contribution in [3.05, 3.63) is 40.5 Å². The van der Waals surface area contributed by atoms with Gasteiger partial charge in [0.2, 0.25) is 0 Å². The smallest absolute Gasteiger partial charge is 0.132 e. The minimum atomic E-state index is -0.289. The molecule has 1 N–H and O–H groups in total. The van der Waals surface area contributed by atoms with Crippen molar-refractivity contribution in [1.29, 1.82) is 0 Å².